The number of hydrogen-bond acceptors (Lipinski definition) is 4. The van der Waals surface area contributed by atoms with Gasteiger partial charge in [-0.15, -0.1) is 0 Å². The zero-order valence-corrected chi connectivity index (χ0v) is 11.7. The number of rotatable bonds is 4. The molecule has 3 nitrogen and oxygen atoms in total. The Morgan fingerprint density at radius 2 is 2.22 bits per heavy atom. The lowest BCUT2D eigenvalue weighted by Gasteiger charge is -2.20. The summed E-state index contributed by atoms with van der Waals surface area (Å²) in [6.45, 7) is 6.81. The monoisotopic (exact) mass is 262 g/mol. The van der Waals surface area contributed by atoms with E-state index in [1.165, 1.54) is 16.9 Å². The van der Waals surface area contributed by atoms with Crippen molar-refractivity contribution in [3.05, 3.63) is 40.9 Å². The summed E-state index contributed by atoms with van der Waals surface area (Å²) in [6.07, 6.45) is 1.30. The zero-order valence-electron chi connectivity index (χ0n) is 10.9. The Balaban J connectivity index is 2.33. The molecular formula is C14H18N2OS. The third kappa shape index (κ3) is 2.71. The van der Waals surface area contributed by atoms with Gasteiger partial charge in [0, 0.05) is 18.4 Å². The maximum atomic E-state index is 9.56. The van der Waals surface area contributed by atoms with E-state index in [0.717, 1.165) is 22.2 Å². The minimum absolute atomic E-state index is 0.451. The second kappa shape index (κ2) is 5.50. The van der Waals surface area contributed by atoms with E-state index in [1.54, 1.807) is 13.1 Å². The van der Waals surface area contributed by atoms with E-state index < -0.39 is 6.10 Å². The Labute approximate surface area is 112 Å². The van der Waals surface area contributed by atoms with Crippen molar-refractivity contribution >= 4 is 22.2 Å². The van der Waals surface area contributed by atoms with Gasteiger partial charge in [-0.3, -0.25) is 0 Å². The molecule has 0 bridgehead atoms. The molecule has 0 fully saturated rings. The van der Waals surface area contributed by atoms with Gasteiger partial charge in [-0.2, -0.15) is 0 Å². The summed E-state index contributed by atoms with van der Waals surface area (Å²) < 4.78 is 0. The van der Waals surface area contributed by atoms with Gasteiger partial charge in [-0.25, -0.2) is 4.98 Å². The molecule has 2 aromatic rings. The van der Waals surface area contributed by atoms with E-state index in [1.807, 2.05) is 0 Å². The number of aliphatic hydroxyl groups excluding tert-OH is 1. The fraction of sp³-hybridized carbons (Fsp3) is 0.357. The maximum Gasteiger partial charge on any atom is 0.190 e. The first kappa shape index (κ1) is 13.1. The third-order valence-corrected chi connectivity index (χ3v) is 3.97. The first-order valence-electron chi connectivity index (χ1n) is 6.09. The molecule has 1 aromatic carbocycles. The number of aryl methyl sites for hydroxylation is 1. The van der Waals surface area contributed by atoms with Crippen LogP contribution < -0.4 is 4.90 Å². The molecule has 1 N–H and O–H groups in total. The first-order valence-corrected chi connectivity index (χ1v) is 6.91. The standard InChI is InChI=1S/C14H18N2OS/c1-4-16(12-7-5-6-10(2)8-12)14-15-9-13(18-14)11(3)17/h5-9,11,17H,4H2,1-3H3. The molecule has 1 unspecified atom stereocenters. The summed E-state index contributed by atoms with van der Waals surface area (Å²) in [7, 11) is 0. The van der Waals surface area contributed by atoms with Gasteiger partial charge in [-0.05, 0) is 38.5 Å². The molecule has 4 heteroatoms. The van der Waals surface area contributed by atoms with E-state index in [2.05, 4.69) is 48.0 Å². The summed E-state index contributed by atoms with van der Waals surface area (Å²) in [5.41, 5.74) is 2.38. The normalized spacial score (nSPS) is 12.4. The Morgan fingerprint density at radius 1 is 1.44 bits per heavy atom. The predicted molar refractivity (Wildman–Crippen MR) is 76.6 cm³/mol. The summed E-state index contributed by atoms with van der Waals surface area (Å²) >= 11 is 1.54. The maximum absolute atomic E-state index is 9.56. The van der Waals surface area contributed by atoms with Crippen LogP contribution in [-0.4, -0.2) is 16.6 Å². The molecule has 0 radical (unpaired) electrons. The van der Waals surface area contributed by atoms with Crippen LogP contribution in [0.4, 0.5) is 10.8 Å². The van der Waals surface area contributed by atoms with Gasteiger partial charge >= 0.3 is 0 Å². The fourth-order valence-electron chi connectivity index (χ4n) is 1.82. The molecule has 0 aliphatic heterocycles. The van der Waals surface area contributed by atoms with Crippen molar-refractivity contribution in [2.45, 2.75) is 26.9 Å². The van der Waals surface area contributed by atoms with E-state index in [4.69, 9.17) is 0 Å². The molecule has 2 rings (SSSR count). The fourth-order valence-corrected chi connectivity index (χ4v) is 2.76. The largest absolute Gasteiger partial charge is 0.388 e. The molecule has 18 heavy (non-hydrogen) atoms. The summed E-state index contributed by atoms with van der Waals surface area (Å²) in [5, 5.41) is 10.5. The average Bonchev–Trinajstić information content (AvgIpc) is 2.80. The van der Waals surface area contributed by atoms with Gasteiger partial charge in [0.15, 0.2) is 5.13 Å². The first-order chi connectivity index (χ1) is 8.61. The van der Waals surface area contributed by atoms with Crippen LogP contribution in [0, 0.1) is 6.92 Å². The van der Waals surface area contributed by atoms with E-state index in [-0.39, 0.29) is 0 Å². The van der Waals surface area contributed by atoms with Crippen LogP contribution in [0.2, 0.25) is 0 Å². The van der Waals surface area contributed by atoms with Gasteiger partial charge in [0.2, 0.25) is 0 Å². The molecule has 0 spiro atoms. The summed E-state index contributed by atoms with van der Waals surface area (Å²) in [6, 6.07) is 8.36. The molecule has 1 heterocycles. The number of aromatic nitrogens is 1. The Hall–Kier alpha value is -1.39. The lowest BCUT2D eigenvalue weighted by molar-refractivity contribution is 0.203. The number of aliphatic hydroxyl groups is 1. The number of anilines is 2. The van der Waals surface area contributed by atoms with Crippen molar-refractivity contribution in [3.8, 4) is 0 Å². The highest BCUT2D eigenvalue weighted by Crippen LogP contribution is 2.32. The van der Waals surface area contributed by atoms with Crippen molar-refractivity contribution in [1.29, 1.82) is 0 Å². The van der Waals surface area contributed by atoms with Crippen molar-refractivity contribution < 1.29 is 5.11 Å². The SMILES string of the molecule is CCN(c1cccc(C)c1)c1ncc(C(C)O)s1. The molecule has 96 valence electrons. The van der Waals surface area contributed by atoms with Crippen LogP contribution in [0.5, 0.6) is 0 Å². The highest BCUT2D eigenvalue weighted by atomic mass is 32.1. The number of hydrogen-bond donors (Lipinski definition) is 1. The zero-order chi connectivity index (χ0) is 13.1. The molecule has 0 aliphatic carbocycles. The topological polar surface area (TPSA) is 36.4 Å². The van der Waals surface area contributed by atoms with Gasteiger partial charge < -0.3 is 10.0 Å². The Kier molecular flexibility index (Phi) is 3.99. The number of nitrogens with zero attached hydrogens (tertiary/aromatic N) is 2. The van der Waals surface area contributed by atoms with Crippen LogP contribution in [0.3, 0.4) is 0 Å². The second-order valence-corrected chi connectivity index (χ2v) is 5.35. The second-order valence-electron chi connectivity index (χ2n) is 4.30. The van der Waals surface area contributed by atoms with E-state index in [0.29, 0.717) is 0 Å². The van der Waals surface area contributed by atoms with Gasteiger partial charge in [0.25, 0.3) is 0 Å². The quantitative estimate of drug-likeness (QED) is 0.913. The minimum atomic E-state index is -0.451. The van der Waals surface area contributed by atoms with E-state index in [9.17, 15) is 5.11 Å². The van der Waals surface area contributed by atoms with Crippen molar-refractivity contribution in [3.63, 3.8) is 0 Å². The number of benzene rings is 1. The number of thiazole rings is 1. The predicted octanol–water partition coefficient (Wildman–Crippen LogP) is 3.66. The van der Waals surface area contributed by atoms with Crippen molar-refractivity contribution in [2.24, 2.45) is 0 Å². The lowest BCUT2D eigenvalue weighted by Crippen LogP contribution is -2.15. The van der Waals surface area contributed by atoms with Gasteiger partial charge in [0.1, 0.15) is 0 Å². The Bertz CT molecular complexity index is 522. The third-order valence-electron chi connectivity index (χ3n) is 2.78. The molecule has 0 aliphatic rings. The van der Waals surface area contributed by atoms with E-state index >= 15 is 0 Å². The minimum Gasteiger partial charge on any atom is -0.388 e. The summed E-state index contributed by atoms with van der Waals surface area (Å²) in [5.74, 6) is 0. The van der Waals surface area contributed by atoms with Crippen LogP contribution in [0.25, 0.3) is 0 Å². The molecule has 0 saturated heterocycles. The van der Waals surface area contributed by atoms with Crippen LogP contribution >= 0.6 is 11.3 Å². The molecule has 0 amide bonds. The molecule has 1 atom stereocenters. The highest BCUT2D eigenvalue weighted by molar-refractivity contribution is 7.15. The molecule has 0 saturated carbocycles. The average molecular weight is 262 g/mol. The van der Waals surface area contributed by atoms with Crippen molar-refractivity contribution in [1.82, 2.24) is 4.98 Å². The van der Waals surface area contributed by atoms with Gasteiger partial charge in [-0.1, -0.05) is 23.5 Å². The highest BCUT2D eigenvalue weighted by Gasteiger charge is 2.13. The summed E-state index contributed by atoms with van der Waals surface area (Å²) in [4.78, 5) is 7.45. The Morgan fingerprint density at radius 3 is 2.78 bits per heavy atom. The van der Waals surface area contributed by atoms with Crippen LogP contribution in [0.1, 0.15) is 30.4 Å². The van der Waals surface area contributed by atoms with Gasteiger partial charge in [0.05, 0.1) is 11.0 Å². The lowest BCUT2D eigenvalue weighted by atomic mass is 10.2. The molecular weight excluding hydrogens is 244 g/mol. The molecule has 1 aromatic heterocycles. The van der Waals surface area contributed by atoms with Crippen molar-refractivity contribution in [2.75, 3.05) is 11.4 Å². The van der Waals surface area contributed by atoms with Crippen LogP contribution in [0.15, 0.2) is 30.5 Å². The van der Waals surface area contributed by atoms with Crippen LogP contribution in [-0.2, 0) is 0 Å². The smallest absolute Gasteiger partial charge is 0.190 e.